The minimum atomic E-state index is -0.555. The first-order chi connectivity index (χ1) is 11.2. The molecular weight excluding hydrogens is 316 g/mol. The number of carbonyl (C=O) groups excluding carboxylic acids is 2. The number of hydrogen-bond donors (Lipinski definition) is 4. The fourth-order valence-corrected chi connectivity index (χ4v) is 3.69. The molecule has 2 unspecified atom stereocenters. The summed E-state index contributed by atoms with van der Waals surface area (Å²) in [6.45, 7) is 6.26. The number of hydrogen-bond acceptors (Lipinski definition) is 6. The molecular formula is C16H30N2O6. The molecule has 2 atom stereocenters. The van der Waals surface area contributed by atoms with E-state index in [9.17, 15) is 9.59 Å². The number of aliphatic hydroxyl groups is 2. The molecule has 0 saturated heterocycles. The molecule has 2 amide bonds. The Kier molecular flexibility index (Phi) is 7.75. The molecule has 1 aliphatic carbocycles. The highest BCUT2D eigenvalue weighted by Gasteiger charge is 2.42. The molecule has 0 aromatic heterocycles. The minimum absolute atomic E-state index is 0.00138. The predicted molar refractivity (Wildman–Crippen MR) is 87.5 cm³/mol. The zero-order chi connectivity index (χ0) is 18.2. The van der Waals surface area contributed by atoms with Gasteiger partial charge in [-0.1, -0.05) is 20.8 Å². The van der Waals surface area contributed by atoms with E-state index in [0.29, 0.717) is 13.0 Å². The lowest BCUT2D eigenvalue weighted by molar-refractivity contribution is 0.0587. The maximum absolute atomic E-state index is 11.7. The second kappa shape index (κ2) is 9.08. The number of ether oxygens (including phenoxy) is 2. The SMILES string of the molecule is CC1(C)CC(NC(=O)OCCO)CC(C)(CNC(=O)OCCO)C1. The van der Waals surface area contributed by atoms with Crippen molar-refractivity contribution >= 4 is 12.2 Å². The summed E-state index contributed by atoms with van der Waals surface area (Å²) in [6, 6.07) is -0.0693. The van der Waals surface area contributed by atoms with E-state index >= 15 is 0 Å². The Labute approximate surface area is 142 Å². The van der Waals surface area contributed by atoms with Crippen molar-refractivity contribution in [2.24, 2.45) is 10.8 Å². The molecule has 140 valence electrons. The van der Waals surface area contributed by atoms with Crippen molar-refractivity contribution in [2.45, 2.75) is 46.1 Å². The molecule has 24 heavy (non-hydrogen) atoms. The molecule has 0 radical (unpaired) electrons. The Morgan fingerprint density at radius 1 is 1.04 bits per heavy atom. The molecule has 8 heteroatoms. The summed E-state index contributed by atoms with van der Waals surface area (Å²) in [6.07, 6.45) is 1.31. The lowest BCUT2D eigenvalue weighted by atomic mass is 9.62. The van der Waals surface area contributed by atoms with Crippen molar-refractivity contribution in [3.05, 3.63) is 0 Å². The summed E-state index contributed by atoms with van der Waals surface area (Å²) in [5.41, 5.74) is -0.201. The van der Waals surface area contributed by atoms with Crippen molar-refractivity contribution in [1.82, 2.24) is 10.6 Å². The molecule has 0 aromatic carbocycles. The highest BCUT2D eigenvalue weighted by atomic mass is 16.6. The summed E-state index contributed by atoms with van der Waals surface area (Å²) >= 11 is 0. The average Bonchev–Trinajstić information content (AvgIpc) is 2.47. The Bertz CT molecular complexity index is 429. The van der Waals surface area contributed by atoms with E-state index in [0.717, 1.165) is 12.8 Å². The van der Waals surface area contributed by atoms with E-state index in [1.54, 1.807) is 0 Å². The summed E-state index contributed by atoms with van der Waals surface area (Å²) in [7, 11) is 0. The van der Waals surface area contributed by atoms with E-state index in [1.807, 2.05) is 0 Å². The minimum Gasteiger partial charge on any atom is -0.447 e. The van der Waals surface area contributed by atoms with Gasteiger partial charge < -0.3 is 30.3 Å². The van der Waals surface area contributed by atoms with Crippen LogP contribution in [-0.4, -0.2) is 61.4 Å². The summed E-state index contributed by atoms with van der Waals surface area (Å²) in [5.74, 6) is 0. The first-order valence-corrected chi connectivity index (χ1v) is 8.25. The van der Waals surface area contributed by atoms with Gasteiger partial charge >= 0.3 is 12.2 Å². The molecule has 0 aromatic rings. The largest absolute Gasteiger partial charge is 0.447 e. The van der Waals surface area contributed by atoms with Crippen molar-refractivity contribution in [2.75, 3.05) is 33.0 Å². The fourth-order valence-electron chi connectivity index (χ4n) is 3.69. The smallest absolute Gasteiger partial charge is 0.407 e. The van der Waals surface area contributed by atoms with Crippen LogP contribution in [0.25, 0.3) is 0 Å². The van der Waals surface area contributed by atoms with E-state index < -0.39 is 12.2 Å². The lowest BCUT2D eigenvalue weighted by Crippen LogP contribution is -2.50. The van der Waals surface area contributed by atoms with Crippen LogP contribution in [0.2, 0.25) is 0 Å². The highest BCUT2D eigenvalue weighted by molar-refractivity contribution is 5.68. The highest BCUT2D eigenvalue weighted by Crippen LogP contribution is 2.45. The van der Waals surface area contributed by atoms with Crippen LogP contribution >= 0.6 is 0 Å². The van der Waals surface area contributed by atoms with Gasteiger partial charge in [-0.15, -0.1) is 0 Å². The van der Waals surface area contributed by atoms with E-state index in [4.69, 9.17) is 19.7 Å². The zero-order valence-electron chi connectivity index (χ0n) is 14.8. The normalized spacial score (nSPS) is 25.6. The Balaban J connectivity index is 2.59. The fraction of sp³-hybridized carbons (Fsp3) is 0.875. The van der Waals surface area contributed by atoms with Crippen molar-refractivity contribution in [3.63, 3.8) is 0 Å². The van der Waals surface area contributed by atoms with Crippen molar-refractivity contribution in [1.29, 1.82) is 0 Å². The summed E-state index contributed by atoms with van der Waals surface area (Å²) in [4.78, 5) is 23.3. The molecule has 1 saturated carbocycles. The number of carbonyl (C=O) groups is 2. The van der Waals surface area contributed by atoms with Gasteiger partial charge in [0.25, 0.3) is 0 Å². The Hall–Kier alpha value is -1.54. The number of amides is 2. The third-order valence-corrected chi connectivity index (χ3v) is 4.07. The third-order valence-electron chi connectivity index (χ3n) is 4.07. The predicted octanol–water partition coefficient (Wildman–Crippen LogP) is 1.01. The van der Waals surface area contributed by atoms with Crippen LogP contribution in [0, 0.1) is 10.8 Å². The van der Waals surface area contributed by atoms with Crippen LogP contribution in [0.15, 0.2) is 0 Å². The van der Waals surface area contributed by atoms with E-state index in [-0.39, 0.29) is 43.3 Å². The topological polar surface area (TPSA) is 117 Å². The number of alkyl carbamates (subject to hydrolysis) is 2. The van der Waals surface area contributed by atoms with Gasteiger partial charge in [-0.05, 0) is 30.1 Å². The number of aliphatic hydroxyl groups excluding tert-OH is 2. The van der Waals surface area contributed by atoms with Gasteiger partial charge in [-0.25, -0.2) is 9.59 Å². The van der Waals surface area contributed by atoms with Crippen LogP contribution in [-0.2, 0) is 9.47 Å². The quantitative estimate of drug-likeness (QED) is 0.546. The second-order valence-electron chi connectivity index (χ2n) is 7.47. The van der Waals surface area contributed by atoms with Gasteiger partial charge in [0, 0.05) is 12.6 Å². The van der Waals surface area contributed by atoms with Gasteiger partial charge in [-0.2, -0.15) is 0 Å². The Morgan fingerprint density at radius 3 is 2.21 bits per heavy atom. The third kappa shape index (κ3) is 7.35. The molecule has 1 aliphatic rings. The van der Waals surface area contributed by atoms with Crippen LogP contribution < -0.4 is 10.6 Å². The molecule has 0 bridgehead atoms. The number of rotatable bonds is 7. The molecule has 1 fully saturated rings. The molecule has 8 nitrogen and oxygen atoms in total. The molecule has 0 spiro atoms. The molecule has 0 heterocycles. The van der Waals surface area contributed by atoms with Gasteiger partial charge in [-0.3, -0.25) is 0 Å². The van der Waals surface area contributed by atoms with Gasteiger partial charge in [0.1, 0.15) is 13.2 Å². The van der Waals surface area contributed by atoms with Crippen LogP contribution in [0.5, 0.6) is 0 Å². The molecule has 4 N–H and O–H groups in total. The second-order valence-corrected chi connectivity index (χ2v) is 7.47. The maximum Gasteiger partial charge on any atom is 0.407 e. The Morgan fingerprint density at radius 2 is 1.62 bits per heavy atom. The zero-order valence-corrected chi connectivity index (χ0v) is 14.8. The lowest BCUT2D eigenvalue weighted by Gasteiger charge is -2.46. The maximum atomic E-state index is 11.7. The van der Waals surface area contributed by atoms with Gasteiger partial charge in [0.05, 0.1) is 13.2 Å². The van der Waals surface area contributed by atoms with Gasteiger partial charge in [0.15, 0.2) is 0 Å². The van der Waals surface area contributed by atoms with Crippen molar-refractivity contribution in [3.8, 4) is 0 Å². The van der Waals surface area contributed by atoms with Crippen LogP contribution in [0.4, 0.5) is 9.59 Å². The van der Waals surface area contributed by atoms with E-state index in [2.05, 4.69) is 31.4 Å². The monoisotopic (exact) mass is 346 g/mol. The summed E-state index contributed by atoms with van der Waals surface area (Å²) < 4.78 is 9.66. The number of nitrogens with one attached hydrogen (secondary N) is 2. The van der Waals surface area contributed by atoms with Crippen LogP contribution in [0.1, 0.15) is 40.0 Å². The standard InChI is InChI=1S/C16H30N2O6/c1-15(2)8-12(18-14(22)24-7-5-20)9-16(3,10-15)11-17-13(21)23-6-4-19/h12,19-20H,4-11H2,1-3H3,(H,17,21)(H,18,22). The first-order valence-electron chi connectivity index (χ1n) is 8.25. The van der Waals surface area contributed by atoms with Crippen LogP contribution in [0.3, 0.4) is 0 Å². The summed E-state index contributed by atoms with van der Waals surface area (Å²) in [5, 5.41) is 22.9. The average molecular weight is 346 g/mol. The first kappa shape index (κ1) is 20.5. The van der Waals surface area contributed by atoms with Gasteiger partial charge in [0.2, 0.25) is 0 Å². The molecule has 0 aliphatic heterocycles. The molecule has 1 rings (SSSR count). The van der Waals surface area contributed by atoms with Crippen molar-refractivity contribution < 1.29 is 29.3 Å². The van der Waals surface area contributed by atoms with E-state index in [1.165, 1.54) is 0 Å².